The molecule has 130 valence electrons. The van der Waals surface area contributed by atoms with Crippen LogP contribution in [0.25, 0.3) is 0 Å². The number of anilines is 1. The number of carbonyl (C=O) groups excluding carboxylic acids is 1. The number of nitrogens with one attached hydrogen (secondary N) is 1. The van der Waals surface area contributed by atoms with Gasteiger partial charge in [0.15, 0.2) is 5.16 Å². The fourth-order valence-corrected chi connectivity index (χ4v) is 2.81. The van der Waals surface area contributed by atoms with Gasteiger partial charge in [0.05, 0.1) is 5.92 Å². The van der Waals surface area contributed by atoms with Gasteiger partial charge in [0.1, 0.15) is 0 Å². The SMILES string of the molecule is Cc1cc(C)nc(Sc2ccc(NC(=O)C(C)C(C)N)cc2)n1.Cl. The minimum absolute atomic E-state index is 0. The Hall–Kier alpha value is -1.63. The summed E-state index contributed by atoms with van der Waals surface area (Å²) in [7, 11) is 0. The van der Waals surface area contributed by atoms with Crippen molar-refractivity contribution in [3.05, 3.63) is 41.7 Å². The lowest BCUT2D eigenvalue weighted by molar-refractivity contribution is -0.119. The number of hydrogen-bond donors (Lipinski definition) is 2. The second-order valence-corrected chi connectivity index (χ2v) is 6.74. The van der Waals surface area contributed by atoms with Crippen LogP contribution in [0.3, 0.4) is 0 Å². The molecule has 7 heteroatoms. The van der Waals surface area contributed by atoms with Gasteiger partial charge in [-0.05, 0) is 62.9 Å². The van der Waals surface area contributed by atoms with E-state index in [2.05, 4.69) is 15.3 Å². The molecule has 0 bridgehead atoms. The van der Waals surface area contributed by atoms with Gasteiger partial charge in [0.25, 0.3) is 0 Å². The zero-order valence-corrected chi connectivity index (χ0v) is 15.9. The maximum atomic E-state index is 12.0. The molecule has 3 N–H and O–H groups in total. The largest absolute Gasteiger partial charge is 0.327 e. The Bertz CT molecular complexity index is 671. The van der Waals surface area contributed by atoms with Gasteiger partial charge in [0.2, 0.25) is 5.91 Å². The quantitative estimate of drug-likeness (QED) is 0.790. The summed E-state index contributed by atoms with van der Waals surface area (Å²) in [6.45, 7) is 7.56. The van der Waals surface area contributed by atoms with E-state index in [9.17, 15) is 4.79 Å². The molecule has 2 atom stereocenters. The first-order valence-corrected chi connectivity index (χ1v) is 8.33. The van der Waals surface area contributed by atoms with Crippen LogP contribution < -0.4 is 11.1 Å². The predicted octanol–water partition coefficient (Wildman–Crippen LogP) is 3.59. The summed E-state index contributed by atoms with van der Waals surface area (Å²) in [6.07, 6.45) is 0. The molecule has 2 rings (SSSR count). The van der Waals surface area contributed by atoms with Gasteiger partial charge in [-0.1, -0.05) is 6.92 Å². The number of benzene rings is 1. The number of hydrogen-bond acceptors (Lipinski definition) is 5. The van der Waals surface area contributed by atoms with E-state index in [0.29, 0.717) is 0 Å². The molecule has 0 fully saturated rings. The highest BCUT2D eigenvalue weighted by Crippen LogP contribution is 2.26. The second kappa shape index (κ2) is 9.01. The topological polar surface area (TPSA) is 80.9 Å². The average Bonchev–Trinajstić information content (AvgIpc) is 2.47. The standard InChI is InChI=1S/C17H22N4OS.ClH/c1-10-9-11(2)20-17(19-10)23-15-7-5-14(6-8-15)21-16(22)12(3)13(4)18;/h5-9,12-13H,18H2,1-4H3,(H,21,22);1H. The van der Waals surface area contributed by atoms with Crippen LogP contribution >= 0.6 is 24.2 Å². The first-order chi connectivity index (χ1) is 10.8. The summed E-state index contributed by atoms with van der Waals surface area (Å²) in [6, 6.07) is 9.40. The molecule has 1 aromatic heterocycles. The Balaban J connectivity index is 0.00000288. The van der Waals surface area contributed by atoms with Gasteiger partial charge in [-0.15, -0.1) is 12.4 Å². The molecular formula is C17H23ClN4OS. The lowest BCUT2D eigenvalue weighted by atomic mass is 10.0. The van der Waals surface area contributed by atoms with Crippen molar-refractivity contribution in [3.63, 3.8) is 0 Å². The van der Waals surface area contributed by atoms with Crippen molar-refractivity contribution in [1.29, 1.82) is 0 Å². The van der Waals surface area contributed by atoms with Crippen LogP contribution in [0, 0.1) is 19.8 Å². The van der Waals surface area contributed by atoms with Crippen molar-refractivity contribution in [2.75, 3.05) is 5.32 Å². The second-order valence-electron chi connectivity index (χ2n) is 5.70. The van der Waals surface area contributed by atoms with Gasteiger partial charge in [-0.25, -0.2) is 9.97 Å². The molecule has 0 aliphatic rings. The van der Waals surface area contributed by atoms with Crippen molar-refractivity contribution in [3.8, 4) is 0 Å². The van der Waals surface area contributed by atoms with Gasteiger partial charge < -0.3 is 11.1 Å². The Morgan fingerprint density at radius 1 is 1.12 bits per heavy atom. The highest BCUT2D eigenvalue weighted by Gasteiger charge is 2.16. The third kappa shape index (κ3) is 5.78. The third-order valence-electron chi connectivity index (χ3n) is 3.49. The Morgan fingerprint density at radius 3 is 2.17 bits per heavy atom. The van der Waals surface area contributed by atoms with E-state index in [4.69, 9.17) is 5.73 Å². The van der Waals surface area contributed by atoms with Crippen LogP contribution in [0.5, 0.6) is 0 Å². The van der Waals surface area contributed by atoms with Crippen LogP contribution in [0.15, 0.2) is 40.4 Å². The average molecular weight is 367 g/mol. The van der Waals surface area contributed by atoms with Crippen molar-refractivity contribution in [2.45, 2.75) is 43.8 Å². The van der Waals surface area contributed by atoms with Gasteiger partial charge in [-0.3, -0.25) is 4.79 Å². The Morgan fingerprint density at radius 2 is 1.67 bits per heavy atom. The zero-order chi connectivity index (χ0) is 17.0. The number of nitrogens with zero attached hydrogens (tertiary/aromatic N) is 2. The molecule has 24 heavy (non-hydrogen) atoms. The normalized spacial score (nSPS) is 12.9. The highest BCUT2D eigenvalue weighted by atomic mass is 35.5. The molecule has 0 radical (unpaired) electrons. The fraction of sp³-hybridized carbons (Fsp3) is 0.353. The van der Waals surface area contributed by atoms with E-state index in [1.54, 1.807) is 0 Å². The lowest BCUT2D eigenvalue weighted by Gasteiger charge is -2.15. The smallest absolute Gasteiger partial charge is 0.228 e. The number of halogens is 1. The predicted molar refractivity (Wildman–Crippen MR) is 101 cm³/mol. The molecule has 1 heterocycles. The summed E-state index contributed by atoms with van der Waals surface area (Å²) >= 11 is 1.50. The van der Waals surface area contributed by atoms with Gasteiger partial charge in [-0.2, -0.15) is 0 Å². The van der Waals surface area contributed by atoms with Crippen LogP contribution in [0.2, 0.25) is 0 Å². The summed E-state index contributed by atoms with van der Waals surface area (Å²) in [4.78, 5) is 21.8. The first kappa shape index (κ1) is 20.4. The number of amides is 1. The Kier molecular flexibility index (Phi) is 7.66. The fourth-order valence-electron chi connectivity index (χ4n) is 1.95. The van der Waals surface area contributed by atoms with Crippen molar-refractivity contribution >= 4 is 35.8 Å². The maximum absolute atomic E-state index is 12.0. The number of aromatic nitrogens is 2. The molecule has 2 unspecified atom stereocenters. The summed E-state index contributed by atoms with van der Waals surface area (Å²) < 4.78 is 0. The van der Waals surface area contributed by atoms with E-state index in [-0.39, 0.29) is 30.3 Å². The molecule has 1 amide bonds. The molecular weight excluding hydrogens is 344 g/mol. The number of nitrogens with two attached hydrogens (primary N) is 1. The molecule has 2 aromatic rings. The molecule has 0 saturated carbocycles. The molecule has 5 nitrogen and oxygen atoms in total. The molecule has 0 spiro atoms. The first-order valence-electron chi connectivity index (χ1n) is 7.52. The monoisotopic (exact) mass is 366 g/mol. The number of carbonyl (C=O) groups is 1. The van der Waals surface area contributed by atoms with Gasteiger partial charge in [0, 0.05) is 28.0 Å². The number of rotatable bonds is 5. The lowest BCUT2D eigenvalue weighted by Crippen LogP contribution is -2.34. The van der Waals surface area contributed by atoms with Crippen LogP contribution in [-0.2, 0) is 4.79 Å². The summed E-state index contributed by atoms with van der Waals surface area (Å²) in [5.74, 6) is -0.300. The van der Waals surface area contributed by atoms with E-state index in [1.807, 2.05) is 58.0 Å². The minimum Gasteiger partial charge on any atom is -0.327 e. The molecule has 0 saturated heterocycles. The van der Waals surface area contributed by atoms with Crippen molar-refractivity contribution in [2.24, 2.45) is 11.7 Å². The summed E-state index contributed by atoms with van der Waals surface area (Å²) in [5, 5.41) is 3.60. The van der Waals surface area contributed by atoms with Crippen molar-refractivity contribution < 1.29 is 4.79 Å². The minimum atomic E-state index is -0.229. The Labute approximate surface area is 153 Å². The molecule has 0 aliphatic heterocycles. The number of aryl methyl sites for hydroxylation is 2. The van der Waals surface area contributed by atoms with Crippen LogP contribution in [0.4, 0.5) is 5.69 Å². The van der Waals surface area contributed by atoms with E-state index in [0.717, 1.165) is 27.1 Å². The molecule has 1 aromatic carbocycles. The van der Waals surface area contributed by atoms with Gasteiger partial charge >= 0.3 is 0 Å². The summed E-state index contributed by atoms with van der Waals surface area (Å²) in [5.41, 5.74) is 8.41. The maximum Gasteiger partial charge on any atom is 0.228 e. The zero-order valence-electron chi connectivity index (χ0n) is 14.2. The van der Waals surface area contributed by atoms with Crippen LogP contribution in [0.1, 0.15) is 25.2 Å². The van der Waals surface area contributed by atoms with E-state index >= 15 is 0 Å². The third-order valence-corrected chi connectivity index (χ3v) is 4.37. The van der Waals surface area contributed by atoms with Crippen molar-refractivity contribution in [1.82, 2.24) is 9.97 Å². The van der Waals surface area contributed by atoms with E-state index in [1.165, 1.54) is 11.8 Å². The van der Waals surface area contributed by atoms with Crippen LogP contribution in [-0.4, -0.2) is 21.9 Å². The molecule has 0 aliphatic carbocycles. The van der Waals surface area contributed by atoms with E-state index < -0.39 is 0 Å². The highest BCUT2D eigenvalue weighted by molar-refractivity contribution is 7.99.